The van der Waals surface area contributed by atoms with Crippen LogP contribution in [0.3, 0.4) is 0 Å². The van der Waals surface area contributed by atoms with Crippen LogP contribution in [0.1, 0.15) is 89.5 Å². The first-order valence-electron chi connectivity index (χ1n) is 9.29. The average Bonchev–Trinajstić information content (AvgIpc) is 2.53. The fourth-order valence-electron chi connectivity index (χ4n) is 3.10. The van der Waals surface area contributed by atoms with E-state index < -0.39 is 9.84 Å². The number of sulfone groups is 1. The van der Waals surface area contributed by atoms with Crippen molar-refractivity contribution in [3.8, 4) is 0 Å². The largest absolute Gasteiger partial charge is 0.224 e. The number of benzene rings is 1. The SMILES string of the molecule is CCCCCCC(CCCCCC)c1ccc(S(C)(=O)=O)cc1. The number of hydrogen-bond acceptors (Lipinski definition) is 2. The molecule has 0 radical (unpaired) electrons. The van der Waals surface area contributed by atoms with Gasteiger partial charge in [-0.3, -0.25) is 0 Å². The highest BCUT2D eigenvalue weighted by Crippen LogP contribution is 2.29. The zero-order valence-corrected chi connectivity index (χ0v) is 16.0. The molecule has 23 heavy (non-hydrogen) atoms. The van der Waals surface area contributed by atoms with Crippen LogP contribution >= 0.6 is 0 Å². The minimum Gasteiger partial charge on any atom is -0.224 e. The summed E-state index contributed by atoms with van der Waals surface area (Å²) in [5.41, 5.74) is 1.31. The maximum absolute atomic E-state index is 11.6. The molecule has 3 heteroatoms. The highest BCUT2D eigenvalue weighted by Gasteiger charge is 2.13. The van der Waals surface area contributed by atoms with Gasteiger partial charge in [-0.15, -0.1) is 0 Å². The highest BCUT2D eigenvalue weighted by atomic mass is 32.2. The Morgan fingerprint density at radius 1 is 0.783 bits per heavy atom. The van der Waals surface area contributed by atoms with E-state index in [-0.39, 0.29) is 0 Å². The van der Waals surface area contributed by atoms with Crippen LogP contribution in [-0.2, 0) is 9.84 Å². The summed E-state index contributed by atoms with van der Waals surface area (Å²) in [7, 11) is -3.09. The van der Waals surface area contributed by atoms with E-state index in [1.165, 1.54) is 76.0 Å². The summed E-state index contributed by atoms with van der Waals surface area (Å²) >= 11 is 0. The summed E-state index contributed by atoms with van der Waals surface area (Å²) < 4.78 is 23.2. The molecule has 1 aromatic rings. The molecule has 0 saturated carbocycles. The fraction of sp³-hybridized carbons (Fsp3) is 0.700. The highest BCUT2D eigenvalue weighted by molar-refractivity contribution is 7.90. The molecule has 0 atom stereocenters. The minimum atomic E-state index is -3.09. The van der Waals surface area contributed by atoms with Gasteiger partial charge >= 0.3 is 0 Å². The lowest BCUT2D eigenvalue weighted by atomic mass is 9.88. The number of hydrogen-bond donors (Lipinski definition) is 0. The predicted molar refractivity (Wildman–Crippen MR) is 99.8 cm³/mol. The Bertz CT molecular complexity index is 505. The van der Waals surface area contributed by atoms with E-state index in [0.29, 0.717) is 10.8 Å². The minimum absolute atomic E-state index is 0.428. The standard InChI is InChI=1S/C20H34O2S/c1-4-6-8-10-12-18(13-11-9-7-5-2)19-14-16-20(17-15-19)23(3,21)22/h14-18H,4-13H2,1-3H3. The molecule has 0 bridgehead atoms. The van der Waals surface area contributed by atoms with Crippen molar-refractivity contribution in [3.05, 3.63) is 29.8 Å². The molecule has 0 heterocycles. The molecule has 0 saturated heterocycles. The van der Waals surface area contributed by atoms with Crippen molar-refractivity contribution < 1.29 is 8.42 Å². The van der Waals surface area contributed by atoms with E-state index in [2.05, 4.69) is 13.8 Å². The number of unbranched alkanes of at least 4 members (excludes halogenated alkanes) is 6. The third-order valence-electron chi connectivity index (χ3n) is 4.59. The van der Waals surface area contributed by atoms with Crippen LogP contribution in [0, 0.1) is 0 Å². The first kappa shape index (κ1) is 20.2. The zero-order chi connectivity index (χ0) is 17.1. The molecule has 0 aliphatic heterocycles. The lowest BCUT2D eigenvalue weighted by molar-refractivity contribution is 0.496. The van der Waals surface area contributed by atoms with Crippen molar-refractivity contribution in [2.75, 3.05) is 6.26 Å². The average molecular weight is 339 g/mol. The van der Waals surface area contributed by atoms with Gasteiger partial charge in [0, 0.05) is 6.26 Å². The van der Waals surface area contributed by atoms with Gasteiger partial charge in [0.2, 0.25) is 0 Å². The van der Waals surface area contributed by atoms with Crippen LogP contribution in [0.4, 0.5) is 0 Å². The third-order valence-corrected chi connectivity index (χ3v) is 5.72. The Kier molecular flexibility index (Phi) is 9.54. The molecule has 132 valence electrons. The van der Waals surface area contributed by atoms with Crippen LogP contribution < -0.4 is 0 Å². The van der Waals surface area contributed by atoms with Gasteiger partial charge in [0.25, 0.3) is 0 Å². The van der Waals surface area contributed by atoms with Crippen LogP contribution in [0.25, 0.3) is 0 Å². The van der Waals surface area contributed by atoms with Crippen molar-refractivity contribution in [3.63, 3.8) is 0 Å². The second-order valence-electron chi connectivity index (χ2n) is 6.74. The lowest BCUT2D eigenvalue weighted by Crippen LogP contribution is -2.02. The monoisotopic (exact) mass is 338 g/mol. The molecular formula is C20H34O2S. The van der Waals surface area contributed by atoms with Gasteiger partial charge in [0.1, 0.15) is 0 Å². The van der Waals surface area contributed by atoms with E-state index >= 15 is 0 Å². The Balaban J connectivity index is 2.68. The van der Waals surface area contributed by atoms with Crippen LogP contribution in [-0.4, -0.2) is 14.7 Å². The summed E-state index contributed by atoms with van der Waals surface area (Å²) in [6, 6.07) is 7.60. The van der Waals surface area contributed by atoms with Gasteiger partial charge in [-0.1, -0.05) is 77.3 Å². The molecule has 0 aromatic heterocycles. The third kappa shape index (κ3) is 8.01. The van der Waals surface area contributed by atoms with Crippen LogP contribution in [0.5, 0.6) is 0 Å². The molecule has 0 N–H and O–H groups in total. The zero-order valence-electron chi connectivity index (χ0n) is 15.2. The molecule has 0 amide bonds. The van der Waals surface area contributed by atoms with E-state index in [1.54, 1.807) is 12.1 Å². The molecule has 0 aliphatic rings. The second-order valence-corrected chi connectivity index (χ2v) is 8.75. The Morgan fingerprint density at radius 2 is 1.26 bits per heavy atom. The molecule has 0 aliphatic carbocycles. The van der Waals surface area contributed by atoms with Crippen LogP contribution in [0.15, 0.2) is 29.2 Å². The van der Waals surface area contributed by atoms with Crippen molar-refractivity contribution in [2.24, 2.45) is 0 Å². The number of rotatable bonds is 12. The molecule has 0 unspecified atom stereocenters. The Morgan fingerprint density at radius 3 is 1.65 bits per heavy atom. The van der Waals surface area contributed by atoms with E-state index in [0.717, 1.165) is 0 Å². The molecule has 1 aromatic carbocycles. The maximum Gasteiger partial charge on any atom is 0.175 e. The van der Waals surface area contributed by atoms with E-state index in [4.69, 9.17) is 0 Å². The van der Waals surface area contributed by atoms with Crippen molar-refractivity contribution in [2.45, 2.75) is 88.9 Å². The first-order chi connectivity index (χ1) is 11.0. The summed E-state index contributed by atoms with van der Waals surface area (Å²) in [5.74, 6) is 0.581. The molecule has 0 fully saturated rings. The lowest BCUT2D eigenvalue weighted by Gasteiger charge is -2.18. The molecule has 0 spiro atoms. The van der Waals surface area contributed by atoms with E-state index in [9.17, 15) is 8.42 Å². The Hall–Kier alpha value is -0.830. The summed E-state index contributed by atoms with van der Waals surface area (Å²) in [4.78, 5) is 0.428. The maximum atomic E-state index is 11.6. The van der Waals surface area contributed by atoms with Crippen molar-refractivity contribution in [1.29, 1.82) is 0 Å². The van der Waals surface area contributed by atoms with Crippen molar-refractivity contribution >= 4 is 9.84 Å². The molecular weight excluding hydrogens is 304 g/mol. The van der Waals surface area contributed by atoms with Crippen LogP contribution in [0.2, 0.25) is 0 Å². The smallest absolute Gasteiger partial charge is 0.175 e. The predicted octanol–water partition coefficient (Wildman–Crippen LogP) is 6.11. The molecule has 1 rings (SSSR count). The molecule has 2 nitrogen and oxygen atoms in total. The Labute approximate surface area is 143 Å². The topological polar surface area (TPSA) is 34.1 Å². The van der Waals surface area contributed by atoms with Gasteiger partial charge in [-0.2, -0.15) is 0 Å². The van der Waals surface area contributed by atoms with Gasteiger partial charge < -0.3 is 0 Å². The first-order valence-corrected chi connectivity index (χ1v) is 11.2. The van der Waals surface area contributed by atoms with Gasteiger partial charge in [0.15, 0.2) is 9.84 Å². The van der Waals surface area contributed by atoms with E-state index in [1.807, 2.05) is 12.1 Å². The fourth-order valence-corrected chi connectivity index (χ4v) is 3.73. The van der Waals surface area contributed by atoms with Gasteiger partial charge in [-0.25, -0.2) is 8.42 Å². The quantitative estimate of drug-likeness (QED) is 0.431. The van der Waals surface area contributed by atoms with Crippen molar-refractivity contribution in [1.82, 2.24) is 0 Å². The van der Waals surface area contributed by atoms with Gasteiger partial charge in [-0.05, 0) is 36.5 Å². The summed E-state index contributed by atoms with van der Waals surface area (Å²) in [5, 5.41) is 0. The normalized spacial score (nSPS) is 12.0. The second kappa shape index (κ2) is 10.9. The van der Waals surface area contributed by atoms with Gasteiger partial charge in [0.05, 0.1) is 4.90 Å². The summed E-state index contributed by atoms with van der Waals surface area (Å²) in [6.07, 6.45) is 14.1. The summed E-state index contributed by atoms with van der Waals surface area (Å²) in [6.45, 7) is 4.48.